The lowest BCUT2D eigenvalue weighted by molar-refractivity contribution is 0.0962. The Kier molecular flexibility index (Phi) is 2.21. The van der Waals surface area contributed by atoms with Gasteiger partial charge in [0.05, 0.1) is 0 Å². The van der Waals surface area contributed by atoms with Gasteiger partial charge in [-0.3, -0.25) is 4.79 Å². The molecule has 5 heteroatoms. The lowest BCUT2D eigenvalue weighted by atomic mass is 10.1. The van der Waals surface area contributed by atoms with Crippen molar-refractivity contribution in [2.24, 2.45) is 0 Å². The number of benzene rings is 1. The smallest absolute Gasteiger partial charge is 0.266 e. The van der Waals surface area contributed by atoms with E-state index in [1.54, 1.807) is 12.1 Å². The molecule has 1 aromatic carbocycles. The van der Waals surface area contributed by atoms with Crippen LogP contribution in [0.4, 0.5) is 5.95 Å². The highest BCUT2D eigenvalue weighted by molar-refractivity contribution is 5.97. The van der Waals surface area contributed by atoms with Crippen molar-refractivity contribution >= 4 is 11.9 Å². The molecule has 15 heavy (non-hydrogen) atoms. The first kappa shape index (κ1) is 9.39. The SMILES string of the molecule is Cc1cccc(C(=O)n2cnnc2N)c1. The number of nitrogen functional groups attached to an aromatic ring is 1. The molecule has 2 rings (SSSR count). The number of aromatic nitrogens is 3. The van der Waals surface area contributed by atoms with E-state index in [-0.39, 0.29) is 11.9 Å². The molecule has 0 spiro atoms. The number of nitrogens with zero attached hydrogens (tertiary/aromatic N) is 3. The minimum absolute atomic E-state index is 0.0986. The summed E-state index contributed by atoms with van der Waals surface area (Å²) in [5, 5.41) is 7.11. The largest absolute Gasteiger partial charge is 0.368 e. The summed E-state index contributed by atoms with van der Waals surface area (Å²) in [4.78, 5) is 11.9. The third-order valence-electron chi connectivity index (χ3n) is 2.06. The summed E-state index contributed by atoms with van der Waals surface area (Å²) in [6.45, 7) is 1.92. The van der Waals surface area contributed by atoms with Crippen LogP contribution in [0.15, 0.2) is 30.6 Å². The van der Waals surface area contributed by atoms with Crippen molar-refractivity contribution in [3.05, 3.63) is 41.7 Å². The molecule has 0 fully saturated rings. The monoisotopic (exact) mass is 202 g/mol. The van der Waals surface area contributed by atoms with Gasteiger partial charge in [0.2, 0.25) is 5.95 Å². The average Bonchev–Trinajstić information content (AvgIpc) is 2.63. The fraction of sp³-hybridized carbons (Fsp3) is 0.100. The Morgan fingerprint density at radius 1 is 1.47 bits per heavy atom. The first-order valence-electron chi connectivity index (χ1n) is 4.45. The van der Waals surface area contributed by atoms with Crippen molar-refractivity contribution in [2.45, 2.75) is 6.92 Å². The van der Waals surface area contributed by atoms with E-state index >= 15 is 0 Å². The summed E-state index contributed by atoms with van der Waals surface area (Å²) in [5.41, 5.74) is 7.08. The molecule has 0 radical (unpaired) electrons. The molecule has 0 amide bonds. The molecule has 0 aliphatic heterocycles. The van der Waals surface area contributed by atoms with Crippen LogP contribution in [0, 0.1) is 6.92 Å². The maximum Gasteiger partial charge on any atom is 0.266 e. The Morgan fingerprint density at radius 3 is 2.87 bits per heavy atom. The van der Waals surface area contributed by atoms with Crippen LogP contribution in [-0.4, -0.2) is 20.7 Å². The highest BCUT2D eigenvalue weighted by atomic mass is 16.2. The molecule has 2 N–H and O–H groups in total. The zero-order valence-electron chi connectivity index (χ0n) is 8.21. The lowest BCUT2D eigenvalue weighted by Crippen LogP contribution is -2.13. The van der Waals surface area contributed by atoms with Crippen LogP contribution in [0.5, 0.6) is 0 Å². The first-order chi connectivity index (χ1) is 7.18. The maximum atomic E-state index is 11.9. The molecule has 0 aliphatic rings. The maximum absolute atomic E-state index is 11.9. The van der Waals surface area contributed by atoms with Gasteiger partial charge in [-0.05, 0) is 19.1 Å². The normalized spacial score (nSPS) is 10.2. The summed E-state index contributed by atoms with van der Waals surface area (Å²) in [7, 11) is 0. The second-order valence-corrected chi connectivity index (χ2v) is 3.23. The van der Waals surface area contributed by atoms with Gasteiger partial charge in [-0.1, -0.05) is 17.7 Å². The van der Waals surface area contributed by atoms with Crippen LogP contribution in [0.1, 0.15) is 15.9 Å². The number of aryl methyl sites for hydroxylation is 1. The van der Waals surface area contributed by atoms with Crippen molar-refractivity contribution in [1.29, 1.82) is 0 Å². The van der Waals surface area contributed by atoms with Crippen molar-refractivity contribution < 1.29 is 4.79 Å². The molecule has 1 aromatic heterocycles. The minimum atomic E-state index is -0.221. The zero-order valence-corrected chi connectivity index (χ0v) is 8.21. The minimum Gasteiger partial charge on any atom is -0.368 e. The van der Waals surface area contributed by atoms with Gasteiger partial charge < -0.3 is 5.73 Å². The van der Waals surface area contributed by atoms with Crippen LogP contribution in [0.2, 0.25) is 0 Å². The van der Waals surface area contributed by atoms with Gasteiger partial charge in [0.25, 0.3) is 5.91 Å². The fourth-order valence-electron chi connectivity index (χ4n) is 1.32. The highest BCUT2D eigenvalue weighted by Crippen LogP contribution is 2.08. The second-order valence-electron chi connectivity index (χ2n) is 3.23. The number of rotatable bonds is 1. The van der Waals surface area contributed by atoms with E-state index in [4.69, 9.17) is 5.73 Å². The standard InChI is InChI=1S/C10H10N4O/c1-7-3-2-4-8(5-7)9(15)14-6-12-13-10(14)11/h2-6H,1H3,(H2,11,13). The van der Waals surface area contributed by atoms with Crippen LogP contribution >= 0.6 is 0 Å². The van der Waals surface area contributed by atoms with Gasteiger partial charge in [-0.25, -0.2) is 4.57 Å². The molecule has 0 aliphatic carbocycles. The van der Waals surface area contributed by atoms with Crippen LogP contribution in [-0.2, 0) is 0 Å². The first-order valence-corrected chi connectivity index (χ1v) is 4.45. The van der Waals surface area contributed by atoms with Gasteiger partial charge >= 0.3 is 0 Å². The lowest BCUT2D eigenvalue weighted by Gasteiger charge is -2.02. The topological polar surface area (TPSA) is 73.8 Å². The van der Waals surface area contributed by atoms with E-state index in [1.165, 1.54) is 10.9 Å². The van der Waals surface area contributed by atoms with Crippen LogP contribution < -0.4 is 5.73 Å². The predicted octanol–water partition coefficient (Wildman–Crippen LogP) is 0.857. The highest BCUT2D eigenvalue weighted by Gasteiger charge is 2.11. The summed E-state index contributed by atoms with van der Waals surface area (Å²) >= 11 is 0. The molecule has 5 nitrogen and oxygen atoms in total. The number of hydrogen-bond acceptors (Lipinski definition) is 4. The molecule has 0 unspecified atom stereocenters. The van der Waals surface area contributed by atoms with Crippen LogP contribution in [0.25, 0.3) is 0 Å². The van der Waals surface area contributed by atoms with Crippen LogP contribution in [0.3, 0.4) is 0 Å². The van der Waals surface area contributed by atoms with Crippen molar-refractivity contribution in [1.82, 2.24) is 14.8 Å². The number of anilines is 1. The van der Waals surface area contributed by atoms with Gasteiger partial charge in [0, 0.05) is 5.56 Å². The van der Waals surface area contributed by atoms with E-state index in [9.17, 15) is 4.79 Å². The van der Waals surface area contributed by atoms with Crippen molar-refractivity contribution in [2.75, 3.05) is 5.73 Å². The van der Waals surface area contributed by atoms with E-state index in [1.807, 2.05) is 19.1 Å². The fourth-order valence-corrected chi connectivity index (χ4v) is 1.32. The van der Waals surface area contributed by atoms with Crippen molar-refractivity contribution in [3.63, 3.8) is 0 Å². The molecule has 2 aromatic rings. The Labute approximate surface area is 86.5 Å². The molecular formula is C10H10N4O. The summed E-state index contributed by atoms with van der Waals surface area (Å²) in [6.07, 6.45) is 1.31. The van der Waals surface area contributed by atoms with E-state index in [0.29, 0.717) is 5.56 Å². The van der Waals surface area contributed by atoms with E-state index in [2.05, 4.69) is 10.2 Å². The molecule has 0 atom stereocenters. The second kappa shape index (κ2) is 3.53. The molecule has 0 saturated heterocycles. The third kappa shape index (κ3) is 1.71. The van der Waals surface area contributed by atoms with Gasteiger partial charge in [0.15, 0.2) is 0 Å². The predicted molar refractivity (Wildman–Crippen MR) is 55.3 cm³/mol. The molecule has 76 valence electrons. The van der Waals surface area contributed by atoms with E-state index < -0.39 is 0 Å². The van der Waals surface area contributed by atoms with Crippen molar-refractivity contribution in [3.8, 4) is 0 Å². The summed E-state index contributed by atoms with van der Waals surface area (Å²) < 4.78 is 1.22. The molecular weight excluding hydrogens is 192 g/mol. The Balaban J connectivity index is 2.41. The average molecular weight is 202 g/mol. The third-order valence-corrected chi connectivity index (χ3v) is 2.06. The Morgan fingerprint density at radius 2 is 2.27 bits per heavy atom. The van der Waals surface area contributed by atoms with Gasteiger partial charge in [-0.2, -0.15) is 0 Å². The molecule has 0 saturated carbocycles. The number of carbonyl (C=O) groups excluding carboxylic acids is 1. The number of nitrogens with two attached hydrogens (primary N) is 1. The van der Waals surface area contributed by atoms with Gasteiger partial charge in [-0.15, -0.1) is 10.2 Å². The number of hydrogen-bond donors (Lipinski definition) is 1. The quantitative estimate of drug-likeness (QED) is 0.744. The molecule has 1 heterocycles. The summed E-state index contributed by atoms with van der Waals surface area (Å²) in [5.74, 6) is -0.122. The Hall–Kier alpha value is -2.17. The number of carbonyl (C=O) groups is 1. The Bertz CT molecular complexity index is 504. The molecule has 0 bridgehead atoms. The summed E-state index contributed by atoms with van der Waals surface area (Å²) in [6, 6.07) is 7.27. The zero-order chi connectivity index (χ0) is 10.8. The van der Waals surface area contributed by atoms with E-state index in [0.717, 1.165) is 5.56 Å². The van der Waals surface area contributed by atoms with Gasteiger partial charge in [0.1, 0.15) is 6.33 Å².